The second-order valence-corrected chi connectivity index (χ2v) is 15.0. The molecule has 1 aliphatic heterocycles. The van der Waals surface area contributed by atoms with E-state index in [0.717, 1.165) is 33.5 Å². The van der Waals surface area contributed by atoms with Gasteiger partial charge in [-0.2, -0.15) is 10.2 Å². The molecule has 1 N–H and O–H groups in total. The van der Waals surface area contributed by atoms with Gasteiger partial charge in [0.1, 0.15) is 11.4 Å². The van der Waals surface area contributed by atoms with Gasteiger partial charge < -0.3 is 14.4 Å². The van der Waals surface area contributed by atoms with Gasteiger partial charge in [0, 0.05) is 64.5 Å². The summed E-state index contributed by atoms with van der Waals surface area (Å²) >= 11 is 6.91. The molecule has 0 unspecified atom stereocenters. The molecule has 3 aromatic carbocycles. The number of hydrogen-bond acceptors (Lipinski definition) is 6. The van der Waals surface area contributed by atoms with Crippen LogP contribution < -0.4 is 4.74 Å². The van der Waals surface area contributed by atoms with Gasteiger partial charge in [0.2, 0.25) is 0 Å². The average molecular weight is 686 g/mol. The molecule has 10 nitrogen and oxygen atoms in total. The second kappa shape index (κ2) is 12.1. The maximum Gasteiger partial charge on any atom is 0.352 e. The second-order valence-electron chi connectivity index (χ2n) is 12.6. The summed E-state index contributed by atoms with van der Waals surface area (Å²) in [6.07, 6.45) is 1.93. The van der Waals surface area contributed by atoms with Gasteiger partial charge >= 0.3 is 5.97 Å². The van der Waals surface area contributed by atoms with Crippen molar-refractivity contribution < 1.29 is 23.1 Å². The van der Waals surface area contributed by atoms with Crippen molar-refractivity contribution in [3.63, 3.8) is 0 Å². The van der Waals surface area contributed by atoms with E-state index in [4.69, 9.17) is 16.3 Å². The fourth-order valence-electron chi connectivity index (χ4n) is 7.10. The summed E-state index contributed by atoms with van der Waals surface area (Å²) in [5.74, 6) is -0.863. The third kappa shape index (κ3) is 5.64. The van der Waals surface area contributed by atoms with Crippen molar-refractivity contribution in [1.29, 1.82) is 0 Å². The largest absolute Gasteiger partial charge is 0.493 e. The zero-order chi connectivity index (χ0) is 33.9. The van der Waals surface area contributed by atoms with Crippen molar-refractivity contribution in [3.8, 4) is 16.9 Å². The first-order valence-electron chi connectivity index (χ1n) is 15.9. The van der Waals surface area contributed by atoms with Gasteiger partial charge in [0.25, 0.3) is 0 Å². The van der Waals surface area contributed by atoms with Crippen LogP contribution in [0.4, 0.5) is 0 Å². The van der Waals surface area contributed by atoms with E-state index in [1.54, 1.807) is 34.0 Å². The van der Waals surface area contributed by atoms with Crippen molar-refractivity contribution in [1.82, 2.24) is 24.1 Å². The number of rotatable bonds is 1. The van der Waals surface area contributed by atoms with Crippen molar-refractivity contribution in [3.05, 3.63) is 99.2 Å². The third-order valence-electron chi connectivity index (χ3n) is 9.37. The van der Waals surface area contributed by atoms with Gasteiger partial charge in [0.05, 0.1) is 29.5 Å². The first-order valence-corrected chi connectivity index (χ1v) is 18.1. The smallest absolute Gasteiger partial charge is 0.352 e. The highest BCUT2D eigenvalue weighted by Gasteiger charge is 2.29. The van der Waals surface area contributed by atoms with Crippen LogP contribution in [0.2, 0.25) is 5.02 Å². The van der Waals surface area contributed by atoms with E-state index in [0.29, 0.717) is 76.4 Å². The van der Waals surface area contributed by atoms with Crippen LogP contribution in [0.25, 0.3) is 32.8 Å². The molecule has 0 radical (unpaired) electrons. The number of ether oxygens (including phenoxy) is 1. The molecule has 0 saturated heterocycles. The van der Waals surface area contributed by atoms with Gasteiger partial charge in [-0.1, -0.05) is 41.9 Å². The number of nitrogens with zero attached hydrogens (tertiary/aromatic N) is 5. The Kier molecular flexibility index (Phi) is 8.07. The molecule has 12 heteroatoms. The quantitative estimate of drug-likeness (QED) is 0.208. The zero-order valence-corrected chi connectivity index (χ0v) is 28.8. The van der Waals surface area contributed by atoms with E-state index in [9.17, 15) is 18.3 Å². The van der Waals surface area contributed by atoms with Crippen LogP contribution in [0.5, 0.6) is 5.75 Å². The summed E-state index contributed by atoms with van der Waals surface area (Å²) in [5.41, 5.74) is 6.14. The first-order chi connectivity index (χ1) is 22.9. The Morgan fingerprint density at radius 2 is 1.75 bits per heavy atom. The Balaban J connectivity index is 1.41. The Labute approximate surface area is 283 Å². The van der Waals surface area contributed by atoms with Crippen LogP contribution in [-0.4, -0.2) is 50.2 Å². The Morgan fingerprint density at radius 1 is 0.958 bits per heavy atom. The highest BCUT2D eigenvalue weighted by Crippen LogP contribution is 2.43. The average Bonchev–Trinajstić information content (AvgIpc) is 3.62. The fourth-order valence-corrected chi connectivity index (χ4v) is 8.67. The predicted octanol–water partition coefficient (Wildman–Crippen LogP) is 6.58. The lowest BCUT2D eigenvalue weighted by atomic mass is 9.97. The molecule has 6 aromatic rings. The topological polar surface area (TPSA) is 121 Å². The maximum absolute atomic E-state index is 13.8. The summed E-state index contributed by atoms with van der Waals surface area (Å²) in [5, 5.41) is 22.7. The third-order valence-corrected chi connectivity index (χ3v) is 11.1. The van der Waals surface area contributed by atoms with Crippen LogP contribution in [0, 0.1) is 13.8 Å². The number of aromatic nitrogens is 5. The van der Waals surface area contributed by atoms with Crippen LogP contribution in [0.15, 0.2) is 54.6 Å². The highest BCUT2D eigenvalue weighted by atomic mass is 35.5. The Hall–Kier alpha value is -4.61. The standard InChI is InChI=1S/C36H36ClN5O5S/c1-21-32-30-13-12-28(37)34(32)33-22(2)40(3)39-29(33)20-48(45,46)19-25-18-26(41(4)38-25)11-10-23-16-24-8-5-6-9-27(24)31(17-23)47-15-7-14-42(30)35(21)36(43)44/h5-6,8-9,12-13,16-18H,7,10-11,14-15,19-20H2,1-4H3,(H,43,44). The summed E-state index contributed by atoms with van der Waals surface area (Å²) in [7, 11) is -0.129. The molecule has 0 spiro atoms. The molecule has 1 aliphatic rings. The summed E-state index contributed by atoms with van der Waals surface area (Å²) in [6, 6.07) is 17.7. The minimum atomic E-state index is -3.73. The van der Waals surface area contributed by atoms with E-state index >= 15 is 0 Å². The fraction of sp³-hybridized carbons (Fsp3) is 0.306. The van der Waals surface area contributed by atoms with E-state index in [2.05, 4.69) is 28.4 Å². The molecular weight excluding hydrogens is 650 g/mol. The van der Waals surface area contributed by atoms with Gasteiger partial charge in [-0.25, -0.2) is 13.2 Å². The molecular formula is C36H36ClN5O5S. The summed E-state index contributed by atoms with van der Waals surface area (Å²) in [4.78, 5) is 12.7. The predicted molar refractivity (Wildman–Crippen MR) is 187 cm³/mol. The number of hydrogen-bond donors (Lipinski definition) is 1. The number of halogens is 1. The molecule has 0 saturated carbocycles. The molecule has 4 heterocycles. The highest BCUT2D eigenvalue weighted by molar-refractivity contribution is 7.89. The van der Waals surface area contributed by atoms with Crippen molar-refractivity contribution in [2.45, 2.75) is 51.2 Å². The minimum Gasteiger partial charge on any atom is -0.493 e. The molecule has 248 valence electrons. The lowest BCUT2D eigenvalue weighted by molar-refractivity contribution is 0.0684. The number of carboxylic acids is 1. The molecule has 0 aliphatic carbocycles. The lowest BCUT2D eigenvalue weighted by Crippen LogP contribution is -2.12. The van der Waals surface area contributed by atoms with Gasteiger partial charge in [-0.05, 0) is 73.9 Å². The van der Waals surface area contributed by atoms with Crippen LogP contribution in [0.3, 0.4) is 0 Å². The van der Waals surface area contributed by atoms with Crippen LogP contribution in [-0.2, 0) is 54.8 Å². The van der Waals surface area contributed by atoms with E-state index in [1.807, 2.05) is 44.3 Å². The molecule has 0 fully saturated rings. The Bertz CT molecular complexity index is 2370. The molecule has 3 aromatic heterocycles. The lowest BCUT2D eigenvalue weighted by Gasteiger charge is -2.14. The number of fused-ring (bicyclic) bond motifs is 8. The van der Waals surface area contributed by atoms with Crippen molar-refractivity contribution in [2.75, 3.05) is 6.61 Å². The molecule has 0 atom stereocenters. The van der Waals surface area contributed by atoms with Gasteiger partial charge in [0.15, 0.2) is 9.84 Å². The minimum absolute atomic E-state index is 0.157. The number of aromatic carboxylic acids is 1. The number of aryl methyl sites for hydroxylation is 6. The van der Waals surface area contributed by atoms with E-state index < -0.39 is 15.8 Å². The summed E-state index contributed by atoms with van der Waals surface area (Å²) < 4.78 is 39.1. The van der Waals surface area contributed by atoms with Crippen molar-refractivity contribution >= 4 is 49.1 Å². The number of benzene rings is 3. The van der Waals surface area contributed by atoms with Gasteiger partial charge in [-0.15, -0.1) is 0 Å². The Morgan fingerprint density at radius 3 is 2.54 bits per heavy atom. The molecule has 7 rings (SSSR count). The van der Waals surface area contributed by atoms with E-state index in [1.165, 1.54) is 0 Å². The number of carbonyl (C=O) groups is 1. The summed E-state index contributed by atoms with van der Waals surface area (Å²) in [6.45, 7) is 4.40. The molecule has 0 amide bonds. The SMILES string of the molecule is Cc1c(C(=O)O)n2c3ccc(Cl)c(c13)-c1c(nn(C)c1C)CS(=O)(=O)Cc1cc(n(C)n1)CCc1cc(c3ccccc3c1)OCCC2. The molecule has 8 bridgehead atoms. The van der Waals surface area contributed by atoms with Crippen LogP contribution >= 0.6 is 11.6 Å². The maximum atomic E-state index is 13.8. The number of carboxylic acid groups (broad SMARTS) is 1. The first kappa shape index (κ1) is 32.0. The normalized spacial score (nSPS) is 15.3. The van der Waals surface area contributed by atoms with Gasteiger partial charge in [-0.3, -0.25) is 9.36 Å². The monoisotopic (exact) mass is 685 g/mol. The number of sulfone groups is 1. The van der Waals surface area contributed by atoms with Crippen molar-refractivity contribution in [2.24, 2.45) is 14.1 Å². The zero-order valence-electron chi connectivity index (χ0n) is 27.2. The van der Waals surface area contributed by atoms with E-state index in [-0.39, 0.29) is 17.2 Å². The van der Waals surface area contributed by atoms with Crippen LogP contribution in [0.1, 0.15) is 50.8 Å². The molecule has 48 heavy (non-hydrogen) atoms.